The van der Waals surface area contributed by atoms with E-state index in [2.05, 4.69) is 74.9 Å². The maximum absolute atomic E-state index is 12.1. The van der Waals surface area contributed by atoms with E-state index in [1.807, 2.05) is 28.8 Å². The third-order valence-electron chi connectivity index (χ3n) is 6.67. The van der Waals surface area contributed by atoms with E-state index in [1.165, 1.54) is 12.7 Å². The summed E-state index contributed by atoms with van der Waals surface area (Å²) in [5.41, 5.74) is 2.68. The van der Waals surface area contributed by atoms with Gasteiger partial charge in [-0.05, 0) is 55.3 Å². The lowest BCUT2D eigenvalue weighted by molar-refractivity contribution is -0.135. The predicted octanol–water partition coefficient (Wildman–Crippen LogP) is 6.32. The molecule has 1 unspecified atom stereocenters. The van der Waals surface area contributed by atoms with Crippen molar-refractivity contribution in [2.24, 2.45) is 15.2 Å². The van der Waals surface area contributed by atoms with Gasteiger partial charge < -0.3 is 14.4 Å². The molecule has 1 atom stereocenters. The fraction of sp³-hybridized carbons (Fsp3) is 0.269. The average molecular weight is 567 g/mol. The SMILES string of the molecule is COC(=O)/C=C1/SC(N=Nc2c(O)n3c4c(cc(Br)cc24)C(C)(c2ccccc2)CC3(C)C)=NC1=O. The highest BCUT2D eigenvalue weighted by Gasteiger charge is 2.45. The number of aromatic nitrogens is 1. The normalized spacial score (nSPS) is 22.0. The Morgan fingerprint density at radius 3 is 2.64 bits per heavy atom. The Morgan fingerprint density at radius 2 is 1.94 bits per heavy atom. The minimum Gasteiger partial charge on any atom is -0.493 e. The van der Waals surface area contributed by atoms with Crippen LogP contribution in [0.5, 0.6) is 5.88 Å². The van der Waals surface area contributed by atoms with Gasteiger partial charge >= 0.3 is 5.97 Å². The maximum atomic E-state index is 12.1. The van der Waals surface area contributed by atoms with Crippen LogP contribution in [-0.4, -0.2) is 33.8 Å². The zero-order chi connectivity index (χ0) is 25.8. The molecule has 184 valence electrons. The first-order chi connectivity index (χ1) is 17.0. The number of esters is 1. The van der Waals surface area contributed by atoms with Crippen molar-refractivity contribution in [2.45, 2.75) is 38.1 Å². The van der Waals surface area contributed by atoms with Gasteiger partial charge in [0.25, 0.3) is 5.91 Å². The fourth-order valence-electron chi connectivity index (χ4n) is 5.26. The van der Waals surface area contributed by atoms with Crippen molar-refractivity contribution in [3.63, 3.8) is 0 Å². The molecule has 10 heteroatoms. The third-order valence-corrected chi connectivity index (χ3v) is 7.99. The smallest absolute Gasteiger partial charge is 0.331 e. The summed E-state index contributed by atoms with van der Waals surface area (Å²) in [7, 11) is 1.23. The second-order valence-corrected chi connectivity index (χ2v) is 11.5. The topological polar surface area (TPSA) is 106 Å². The third kappa shape index (κ3) is 3.88. The molecule has 0 bridgehead atoms. The second-order valence-electron chi connectivity index (χ2n) is 9.58. The molecule has 3 aromatic rings. The largest absolute Gasteiger partial charge is 0.493 e. The molecule has 3 heterocycles. The molecule has 0 radical (unpaired) electrons. The molecule has 2 aliphatic rings. The van der Waals surface area contributed by atoms with Gasteiger partial charge in [-0.15, -0.1) is 10.2 Å². The molecule has 1 N–H and O–H groups in total. The van der Waals surface area contributed by atoms with Gasteiger partial charge in [-0.1, -0.05) is 53.2 Å². The number of amidine groups is 1. The van der Waals surface area contributed by atoms with Crippen LogP contribution in [-0.2, 0) is 25.3 Å². The summed E-state index contributed by atoms with van der Waals surface area (Å²) in [5, 5.41) is 20.7. The molecule has 2 aromatic carbocycles. The zero-order valence-electron chi connectivity index (χ0n) is 20.1. The predicted molar refractivity (Wildman–Crippen MR) is 143 cm³/mol. The number of thioether (sulfide) groups is 1. The van der Waals surface area contributed by atoms with Crippen molar-refractivity contribution in [2.75, 3.05) is 7.11 Å². The highest BCUT2D eigenvalue weighted by Crippen LogP contribution is 2.55. The first kappa shape index (κ1) is 24.5. The number of carbonyl (C=O) groups excluding carboxylic acids is 2. The summed E-state index contributed by atoms with van der Waals surface area (Å²) in [6, 6.07) is 14.4. The van der Waals surface area contributed by atoms with E-state index in [-0.39, 0.29) is 21.4 Å². The van der Waals surface area contributed by atoms with Crippen molar-refractivity contribution in [3.05, 3.63) is 69.0 Å². The van der Waals surface area contributed by atoms with E-state index in [0.717, 1.165) is 45.2 Å². The fourth-order valence-corrected chi connectivity index (χ4v) is 6.42. The van der Waals surface area contributed by atoms with Crippen LogP contribution in [0.2, 0.25) is 0 Å². The number of carbonyl (C=O) groups is 2. The number of aliphatic imine (C=N–C) groups is 1. The Kier molecular flexibility index (Phi) is 5.91. The van der Waals surface area contributed by atoms with Crippen molar-refractivity contribution in [1.82, 2.24) is 4.57 Å². The standard InChI is InChI=1S/C26H23BrN4O4S/c1-25(2)13-26(3,14-8-6-5-7-9-14)17-11-15(27)10-16-20(23(34)31(25)21(16)17)29-30-24-28-22(33)18(36-24)12-19(32)35-4/h5-12,34H,13H2,1-4H3/b18-12+,30-29?. The molecule has 0 saturated carbocycles. The van der Waals surface area contributed by atoms with Crippen LogP contribution in [0.15, 0.2) is 73.1 Å². The van der Waals surface area contributed by atoms with E-state index in [4.69, 9.17) is 0 Å². The Morgan fingerprint density at radius 1 is 1.22 bits per heavy atom. The number of ether oxygens (including phenoxy) is 1. The first-order valence-corrected chi connectivity index (χ1v) is 12.8. The van der Waals surface area contributed by atoms with Crippen LogP contribution in [0.1, 0.15) is 38.3 Å². The lowest BCUT2D eigenvalue weighted by Crippen LogP contribution is -2.41. The van der Waals surface area contributed by atoms with Crippen LogP contribution in [0, 0.1) is 0 Å². The van der Waals surface area contributed by atoms with E-state index in [1.54, 1.807) is 0 Å². The highest BCUT2D eigenvalue weighted by atomic mass is 79.9. The molecule has 0 aliphatic carbocycles. The molecular formula is C26H23BrN4O4S. The molecule has 1 amide bonds. The van der Waals surface area contributed by atoms with Gasteiger partial charge in [-0.2, -0.15) is 4.99 Å². The minimum absolute atomic E-state index is 0.00605. The van der Waals surface area contributed by atoms with E-state index < -0.39 is 17.4 Å². The molecule has 0 spiro atoms. The second kappa shape index (κ2) is 8.70. The lowest BCUT2D eigenvalue weighted by Gasteiger charge is -2.45. The summed E-state index contributed by atoms with van der Waals surface area (Å²) < 4.78 is 7.34. The Labute approximate surface area is 220 Å². The quantitative estimate of drug-likeness (QED) is 0.226. The first-order valence-electron chi connectivity index (χ1n) is 11.2. The molecule has 1 aromatic heterocycles. The van der Waals surface area contributed by atoms with E-state index in [0.29, 0.717) is 5.69 Å². The van der Waals surface area contributed by atoms with Crippen molar-refractivity contribution in [1.29, 1.82) is 0 Å². The average Bonchev–Trinajstić information content (AvgIpc) is 3.32. The van der Waals surface area contributed by atoms with Gasteiger partial charge in [0.1, 0.15) is 0 Å². The van der Waals surface area contributed by atoms with Crippen LogP contribution in [0.4, 0.5) is 5.69 Å². The van der Waals surface area contributed by atoms with Gasteiger partial charge in [0.05, 0.1) is 17.5 Å². The van der Waals surface area contributed by atoms with Crippen LogP contribution in [0.25, 0.3) is 10.9 Å². The van der Waals surface area contributed by atoms with E-state index in [9.17, 15) is 14.7 Å². The van der Waals surface area contributed by atoms with E-state index >= 15 is 0 Å². The summed E-state index contributed by atoms with van der Waals surface area (Å²) >= 11 is 4.57. The highest BCUT2D eigenvalue weighted by molar-refractivity contribution is 9.10. The minimum atomic E-state index is -0.653. The maximum Gasteiger partial charge on any atom is 0.331 e. The summed E-state index contributed by atoms with van der Waals surface area (Å²) in [6.45, 7) is 6.42. The summed E-state index contributed by atoms with van der Waals surface area (Å²) in [6.07, 6.45) is 1.82. The van der Waals surface area contributed by atoms with Crippen molar-refractivity contribution < 1.29 is 19.4 Å². The number of benzene rings is 2. The van der Waals surface area contributed by atoms with Crippen LogP contribution < -0.4 is 0 Å². The van der Waals surface area contributed by atoms with Crippen molar-refractivity contribution in [3.8, 4) is 5.88 Å². The molecule has 0 fully saturated rings. The van der Waals surface area contributed by atoms with Crippen LogP contribution >= 0.6 is 27.7 Å². The van der Waals surface area contributed by atoms with Gasteiger partial charge in [-0.3, -0.25) is 4.79 Å². The number of azo groups is 1. The monoisotopic (exact) mass is 566 g/mol. The van der Waals surface area contributed by atoms with Gasteiger partial charge in [0, 0.05) is 26.9 Å². The number of rotatable bonds is 3. The number of hydrogen-bond acceptors (Lipinski definition) is 7. The molecule has 36 heavy (non-hydrogen) atoms. The Balaban J connectivity index is 1.66. The number of hydrogen-bond donors (Lipinski definition) is 1. The lowest BCUT2D eigenvalue weighted by atomic mass is 9.66. The summed E-state index contributed by atoms with van der Waals surface area (Å²) in [5.74, 6) is -1.25. The van der Waals surface area contributed by atoms with Gasteiger partial charge in [0.2, 0.25) is 11.0 Å². The zero-order valence-corrected chi connectivity index (χ0v) is 22.5. The van der Waals surface area contributed by atoms with Gasteiger partial charge in [0.15, 0.2) is 5.69 Å². The number of amides is 1. The molecule has 8 nitrogen and oxygen atoms in total. The molecule has 0 saturated heterocycles. The Bertz CT molecular complexity index is 1520. The van der Waals surface area contributed by atoms with Crippen LogP contribution in [0.3, 0.4) is 0 Å². The molecule has 5 rings (SSSR count). The molecular weight excluding hydrogens is 544 g/mol. The number of nitrogens with zero attached hydrogens (tertiary/aromatic N) is 4. The van der Waals surface area contributed by atoms with Crippen molar-refractivity contribution >= 4 is 61.3 Å². The number of methoxy groups -OCH3 is 1. The Hall–Kier alpha value is -3.24. The number of aromatic hydroxyl groups is 1. The molecule has 2 aliphatic heterocycles. The summed E-state index contributed by atoms with van der Waals surface area (Å²) in [4.78, 5) is 27.6. The van der Waals surface area contributed by atoms with Gasteiger partial charge in [-0.25, -0.2) is 4.79 Å². The number of halogens is 1.